The Morgan fingerprint density at radius 2 is 0.941 bits per heavy atom. The summed E-state index contributed by atoms with van der Waals surface area (Å²) in [7, 11) is -0.528. The fourth-order valence-corrected chi connectivity index (χ4v) is 0.954. The van der Waals surface area contributed by atoms with Crippen LogP contribution >= 0.6 is 0 Å². The van der Waals surface area contributed by atoms with Crippen LogP contribution in [0.15, 0.2) is 0 Å². The molecule has 3 unspecified atom stereocenters. The van der Waals surface area contributed by atoms with Crippen LogP contribution < -0.4 is 0 Å². The Bertz CT molecular complexity index is 143. The average Bonchev–Trinajstić information content (AvgIpc) is 2.28. The van der Waals surface area contributed by atoms with Gasteiger partial charge >= 0.3 is 58.7 Å². The molecule has 0 aliphatic carbocycles. The fourth-order valence-electron chi connectivity index (χ4n) is 0.954. The molecule has 0 aromatic carbocycles. The molecule has 98 valence electrons. The fraction of sp³-hybridized carbons (Fsp3) is 1.00. The Morgan fingerprint density at radius 3 is 1.12 bits per heavy atom. The van der Waals surface area contributed by atoms with Crippen molar-refractivity contribution in [1.82, 2.24) is 0 Å². The molecule has 0 aromatic heterocycles. The van der Waals surface area contributed by atoms with Crippen LogP contribution in [-0.4, -0.2) is 77.0 Å². The predicted octanol–water partition coefficient (Wildman–Crippen LogP) is 2.77. The van der Waals surface area contributed by atoms with E-state index in [1.807, 2.05) is 20.8 Å². The van der Waals surface area contributed by atoms with Gasteiger partial charge in [-0.25, -0.2) is 0 Å². The second-order valence-corrected chi connectivity index (χ2v) is 4.35. The molecule has 0 heterocycles. The van der Waals surface area contributed by atoms with Crippen LogP contribution in [0.2, 0.25) is 0 Å². The Kier molecular flexibility index (Phi) is 15.5. The van der Waals surface area contributed by atoms with E-state index in [1.165, 1.54) is 0 Å². The molecule has 17 heavy (non-hydrogen) atoms. The van der Waals surface area contributed by atoms with Crippen molar-refractivity contribution < 1.29 is 14.0 Å². The maximum absolute atomic E-state index is 5.70. The van der Waals surface area contributed by atoms with E-state index in [1.54, 1.807) is 0 Å². The SMILES string of the molecule is CCC(C)OB(OC(C)CC)OC(C)CC.[KH]. The van der Waals surface area contributed by atoms with Gasteiger partial charge in [-0.05, 0) is 40.0 Å². The standard InChI is InChI=1S/C12H27BO3.K.H/c1-7-10(4)14-13(15-11(5)8-2)16-12(6)9-3;;/h10-12H,7-9H2,1-6H3;;. The summed E-state index contributed by atoms with van der Waals surface area (Å²) >= 11 is 0. The zero-order chi connectivity index (χ0) is 12.6. The van der Waals surface area contributed by atoms with Gasteiger partial charge in [0.2, 0.25) is 0 Å². The third-order valence-electron chi connectivity index (χ3n) is 2.76. The molecule has 0 aliphatic rings. The van der Waals surface area contributed by atoms with E-state index in [4.69, 9.17) is 14.0 Å². The van der Waals surface area contributed by atoms with E-state index < -0.39 is 7.32 Å². The van der Waals surface area contributed by atoms with Gasteiger partial charge in [-0.2, -0.15) is 0 Å². The van der Waals surface area contributed by atoms with Crippen LogP contribution in [0.1, 0.15) is 60.8 Å². The quantitative estimate of drug-likeness (QED) is 0.603. The first-order chi connectivity index (χ1) is 7.53. The van der Waals surface area contributed by atoms with E-state index in [9.17, 15) is 0 Å². The van der Waals surface area contributed by atoms with Crippen LogP contribution in [0.3, 0.4) is 0 Å². The van der Waals surface area contributed by atoms with Crippen LogP contribution in [0.25, 0.3) is 0 Å². The minimum absolute atomic E-state index is 0. The Labute approximate surface area is 150 Å². The molecule has 0 saturated carbocycles. The van der Waals surface area contributed by atoms with Crippen LogP contribution in [0, 0.1) is 0 Å². The molecule has 3 atom stereocenters. The average molecular weight is 270 g/mol. The molecule has 0 aliphatic heterocycles. The second kappa shape index (κ2) is 12.6. The van der Waals surface area contributed by atoms with Gasteiger partial charge in [0.15, 0.2) is 0 Å². The number of rotatable bonds is 9. The topological polar surface area (TPSA) is 27.7 Å². The molecule has 0 fully saturated rings. The minimum atomic E-state index is -0.528. The summed E-state index contributed by atoms with van der Waals surface area (Å²) in [4.78, 5) is 0. The van der Waals surface area contributed by atoms with Gasteiger partial charge in [-0.15, -0.1) is 0 Å². The Hall–Kier alpha value is 1.58. The summed E-state index contributed by atoms with van der Waals surface area (Å²) in [5.41, 5.74) is 0. The summed E-state index contributed by atoms with van der Waals surface area (Å²) in [6, 6.07) is 0. The van der Waals surface area contributed by atoms with E-state index in [2.05, 4.69) is 20.8 Å². The van der Waals surface area contributed by atoms with Gasteiger partial charge in [0, 0.05) is 18.3 Å². The van der Waals surface area contributed by atoms with Gasteiger partial charge in [-0.3, -0.25) is 0 Å². The number of hydrogen-bond acceptors (Lipinski definition) is 3. The van der Waals surface area contributed by atoms with E-state index in [0.29, 0.717) is 0 Å². The van der Waals surface area contributed by atoms with Gasteiger partial charge in [0.25, 0.3) is 0 Å². The van der Waals surface area contributed by atoms with Crippen molar-refractivity contribution >= 4 is 58.7 Å². The first kappa shape index (κ1) is 20.9. The van der Waals surface area contributed by atoms with Crippen LogP contribution in [-0.2, 0) is 14.0 Å². The molecule has 0 bridgehead atoms. The molecule has 0 spiro atoms. The zero-order valence-corrected chi connectivity index (χ0v) is 11.7. The molecule has 0 amide bonds. The summed E-state index contributed by atoms with van der Waals surface area (Å²) < 4.78 is 17.1. The van der Waals surface area contributed by atoms with Crippen LogP contribution in [0.5, 0.6) is 0 Å². The molecule has 3 nitrogen and oxygen atoms in total. The van der Waals surface area contributed by atoms with E-state index >= 15 is 0 Å². The van der Waals surface area contributed by atoms with Gasteiger partial charge in [0.1, 0.15) is 0 Å². The maximum atomic E-state index is 5.70. The number of hydrogen-bond donors (Lipinski definition) is 0. The third-order valence-corrected chi connectivity index (χ3v) is 2.76. The summed E-state index contributed by atoms with van der Waals surface area (Å²) in [6.07, 6.45) is 3.38. The summed E-state index contributed by atoms with van der Waals surface area (Å²) in [5.74, 6) is 0. The molecular weight excluding hydrogens is 242 g/mol. The zero-order valence-electron chi connectivity index (χ0n) is 11.7. The van der Waals surface area contributed by atoms with Crippen molar-refractivity contribution in [3.8, 4) is 0 Å². The Morgan fingerprint density at radius 1 is 0.706 bits per heavy atom. The molecule has 5 heteroatoms. The van der Waals surface area contributed by atoms with Gasteiger partial charge in [-0.1, -0.05) is 20.8 Å². The van der Waals surface area contributed by atoms with Gasteiger partial charge in [0.05, 0.1) is 0 Å². The second-order valence-electron chi connectivity index (χ2n) is 4.35. The van der Waals surface area contributed by atoms with Crippen molar-refractivity contribution in [1.29, 1.82) is 0 Å². The molecule has 0 rings (SSSR count). The summed E-state index contributed by atoms with van der Waals surface area (Å²) in [6.45, 7) is 12.4. The van der Waals surface area contributed by atoms with Crippen molar-refractivity contribution in [2.45, 2.75) is 79.1 Å². The molecule has 0 radical (unpaired) electrons. The predicted molar refractivity (Wildman–Crippen MR) is 75.4 cm³/mol. The van der Waals surface area contributed by atoms with E-state index in [-0.39, 0.29) is 69.7 Å². The summed E-state index contributed by atoms with van der Waals surface area (Å²) in [5, 5.41) is 0. The van der Waals surface area contributed by atoms with Crippen molar-refractivity contribution in [2.75, 3.05) is 0 Å². The van der Waals surface area contributed by atoms with Crippen LogP contribution in [0.4, 0.5) is 0 Å². The van der Waals surface area contributed by atoms with Crippen molar-refractivity contribution in [3.63, 3.8) is 0 Å². The molecule has 0 aromatic rings. The molecular formula is C12H28BKO3. The van der Waals surface area contributed by atoms with Crippen molar-refractivity contribution in [2.24, 2.45) is 0 Å². The third kappa shape index (κ3) is 11.1. The normalized spacial score (nSPS) is 15.9. The van der Waals surface area contributed by atoms with Gasteiger partial charge < -0.3 is 14.0 Å². The van der Waals surface area contributed by atoms with E-state index in [0.717, 1.165) is 19.3 Å². The Balaban J connectivity index is 0. The first-order valence-corrected chi connectivity index (χ1v) is 6.49. The molecule has 0 saturated heterocycles. The molecule has 0 N–H and O–H groups in total. The first-order valence-electron chi connectivity index (χ1n) is 6.49. The van der Waals surface area contributed by atoms with Crippen molar-refractivity contribution in [3.05, 3.63) is 0 Å². The monoisotopic (exact) mass is 270 g/mol.